The Morgan fingerprint density at radius 2 is 1.88 bits per heavy atom. The van der Waals surface area contributed by atoms with Gasteiger partial charge in [0, 0.05) is 0 Å². The Kier molecular flexibility index (Phi) is 7.16. The van der Waals surface area contributed by atoms with Crippen LogP contribution in [0.25, 0.3) is 6.08 Å². The summed E-state index contributed by atoms with van der Waals surface area (Å²) in [6.45, 7) is -0.319. The number of carboxylic acid groups (broad SMARTS) is 1. The van der Waals surface area contributed by atoms with Gasteiger partial charge < -0.3 is 19.3 Å². The van der Waals surface area contributed by atoms with E-state index in [4.69, 9.17) is 14.6 Å². The van der Waals surface area contributed by atoms with E-state index in [1.165, 1.54) is 32.4 Å². The van der Waals surface area contributed by atoms with E-state index >= 15 is 0 Å². The fourth-order valence-electron chi connectivity index (χ4n) is 2.83. The van der Waals surface area contributed by atoms with Gasteiger partial charge in [-0.1, -0.05) is 18.2 Å². The lowest BCUT2D eigenvalue weighted by Crippen LogP contribution is -2.34. The van der Waals surface area contributed by atoms with E-state index in [1.807, 2.05) is 0 Å². The van der Waals surface area contributed by atoms with Crippen LogP contribution in [0, 0.1) is 0 Å². The van der Waals surface area contributed by atoms with E-state index in [0.29, 0.717) is 22.6 Å². The molecule has 0 radical (unpaired) electrons. The van der Waals surface area contributed by atoms with Crippen molar-refractivity contribution in [2.45, 2.75) is 6.61 Å². The summed E-state index contributed by atoms with van der Waals surface area (Å²) in [5, 5.41) is 8.54. The summed E-state index contributed by atoms with van der Waals surface area (Å²) in [4.78, 5) is 48.0. The Hall–Kier alpha value is -3.79. The molecule has 1 saturated heterocycles. The Bertz CT molecular complexity index is 1110. The molecule has 2 amide bonds. The van der Waals surface area contributed by atoms with Gasteiger partial charge in [0.25, 0.3) is 11.1 Å². The molecule has 32 heavy (non-hydrogen) atoms. The highest BCUT2D eigenvalue weighted by atomic mass is 32.2. The van der Waals surface area contributed by atoms with Crippen molar-refractivity contribution in [3.63, 3.8) is 0 Å². The van der Waals surface area contributed by atoms with Crippen molar-refractivity contribution in [3.8, 4) is 11.5 Å². The molecule has 3 rings (SSSR count). The molecule has 0 saturated carbocycles. The standard InChI is InChI=1S/C22H19NO8S/c1-29-17-9-13(10-18-20(25)23(22(28)32-18)11-19(24)30-2)6-7-16(17)31-12-14-4-3-5-15(8-14)21(26)27/h3-10H,11-12H2,1-2H3,(H,26,27). The number of carboxylic acids is 1. The molecule has 1 aliphatic rings. The van der Waals surface area contributed by atoms with Gasteiger partial charge in [0.05, 0.1) is 24.7 Å². The topological polar surface area (TPSA) is 119 Å². The van der Waals surface area contributed by atoms with Crippen LogP contribution < -0.4 is 9.47 Å². The number of carbonyl (C=O) groups excluding carboxylic acids is 3. The van der Waals surface area contributed by atoms with Crippen molar-refractivity contribution < 1.29 is 38.5 Å². The first-order chi connectivity index (χ1) is 15.3. The van der Waals surface area contributed by atoms with E-state index in [0.717, 1.165) is 16.7 Å². The van der Waals surface area contributed by atoms with Gasteiger partial charge in [0.2, 0.25) is 0 Å². The van der Waals surface area contributed by atoms with Gasteiger partial charge in [-0.05, 0) is 53.2 Å². The lowest BCUT2D eigenvalue weighted by atomic mass is 10.1. The normalized spacial score (nSPS) is 14.6. The van der Waals surface area contributed by atoms with Gasteiger partial charge in [-0.15, -0.1) is 0 Å². The summed E-state index contributed by atoms with van der Waals surface area (Å²) in [7, 11) is 2.64. The minimum Gasteiger partial charge on any atom is -0.493 e. The van der Waals surface area contributed by atoms with Gasteiger partial charge in [-0.3, -0.25) is 19.3 Å². The van der Waals surface area contributed by atoms with Crippen LogP contribution in [0.2, 0.25) is 0 Å². The molecule has 2 aromatic rings. The number of amides is 2. The molecule has 2 aromatic carbocycles. The third-order valence-electron chi connectivity index (χ3n) is 4.44. The monoisotopic (exact) mass is 457 g/mol. The molecule has 166 valence electrons. The van der Waals surface area contributed by atoms with Crippen LogP contribution in [-0.2, 0) is 20.9 Å². The summed E-state index contributed by atoms with van der Waals surface area (Å²) < 4.78 is 15.6. The van der Waals surface area contributed by atoms with Gasteiger partial charge >= 0.3 is 11.9 Å². The molecule has 10 heteroatoms. The van der Waals surface area contributed by atoms with E-state index < -0.39 is 29.6 Å². The lowest BCUT2D eigenvalue weighted by molar-refractivity contribution is -0.143. The van der Waals surface area contributed by atoms with Crippen molar-refractivity contribution >= 4 is 40.9 Å². The molecular weight excluding hydrogens is 438 g/mol. The number of aromatic carboxylic acids is 1. The van der Waals surface area contributed by atoms with E-state index in [2.05, 4.69) is 4.74 Å². The highest BCUT2D eigenvalue weighted by molar-refractivity contribution is 8.18. The molecule has 0 atom stereocenters. The zero-order chi connectivity index (χ0) is 23.3. The highest BCUT2D eigenvalue weighted by Crippen LogP contribution is 2.34. The Labute approximate surface area is 187 Å². The summed E-state index contributed by atoms with van der Waals surface area (Å²) in [6, 6.07) is 11.4. The van der Waals surface area contributed by atoms with E-state index in [9.17, 15) is 19.2 Å². The van der Waals surface area contributed by atoms with Crippen LogP contribution in [0.3, 0.4) is 0 Å². The number of hydrogen-bond acceptors (Lipinski definition) is 8. The van der Waals surface area contributed by atoms with Crippen molar-refractivity contribution in [1.29, 1.82) is 0 Å². The zero-order valence-electron chi connectivity index (χ0n) is 17.2. The first-order valence-corrected chi connectivity index (χ1v) is 10.1. The fourth-order valence-corrected chi connectivity index (χ4v) is 3.67. The molecule has 1 aliphatic heterocycles. The first-order valence-electron chi connectivity index (χ1n) is 9.27. The number of carbonyl (C=O) groups is 4. The van der Waals surface area contributed by atoms with Crippen LogP contribution in [0.5, 0.6) is 11.5 Å². The minimum absolute atomic E-state index is 0.128. The number of imide groups is 1. The number of rotatable bonds is 8. The lowest BCUT2D eigenvalue weighted by Gasteiger charge is -2.12. The largest absolute Gasteiger partial charge is 0.493 e. The fraction of sp³-hybridized carbons (Fsp3) is 0.182. The summed E-state index contributed by atoms with van der Waals surface area (Å²) in [5.74, 6) is -1.48. The molecule has 9 nitrogen and oxygen atoms in total. The summed E-state index contributed by atoms with van der Waals surface area (Å²) in [5.41, 5.74) is 1.43. The highest BCUT2D eigenvalue weighted by Gasteiger charge is 2.36. The molecule has 1 fully saturated rings. The third-order valence-corrected chi connectivity index (χ3v) is 5.35. The number of methoxy groups -OCH3 is 2. The second kappa shape index (κ2) is 10.0. The molecule has 0 aliphatic carbocycles. The van der Waals surface area contributed by atoms with Crippen molar-refractivity contribution in [1.82, 2.24) is 4.90 Å². The molecule has 1 heterocycles. The maximum Gasteiger partial charge on any atom is 0.335 e. The predicted octanol–water partition coefficient (Wildman–Crippen LogP) is 3.18. The predicted molar refractivity (Wildman–Crippen MR) is 115 cm³/mol. The Morgan fingerprint density at radius 3 is 2.56 bits per heavy atom. The number of hydrogen-bond donors (Lipinski definition) is 1. The van der Waals surface area contributed by atoms with Crippen LogP contribution in [0.1, 0.15) is 21.5 Å². The smallest absolute Gasteiger partial charge is 0.335 e. The van der Waals surface area contributed by atoms with Gasteiger partial charge in [0.15, 0.2) is 11.5 Å². The Morgan fingerprint density at radius 1 is 1.09 bits per heavy atom. The van der Waals surface area contributed by atoms with E-state index in [-0.39, 0.29) is 17.1 Å². The molecule has 0 bridgehead atoms. The van der Waals surface area contributed by atoms with Crippen LogP contribution in [0.15, 0.2) is 47.4 Å². The SMILES string of the molecule is COC(=O)CN1C(=O)SC(=Cc2ccc(OCc3cccc(C(=O)O)c3)c(OC)c2)C1=O. The molecule has 0 aromatic heterocycles. The summed E-state index contributed by atoms with van der Waals surface area (Å²) >= 11 is 0.729. The third kappa shape index (κ3) is 5.27. The number of thioether (sulfide) groups is 1. The van der Waals surface area contributed by atoms with Gasteiger partial charge in [0.1, 0.15) is 13.2 Å². The average Bonchev–Trinajstić information content (AvgIpc) is 3.05. The van der Waals surface area contributed by atoms with Crippen molar-refractivity contribution in [2.24, 2.45) is 0 Å². The number of benzene rings is 2. The second-order valence-corrected chi connectivity index (χ2v) is 7.54. The van der Waals surface area contributed by atoms with Crippen molar-refractivity contribution in [3.05, 3.63) is 64.1 Å². The molecule has 0 unspecified atom stereocenters. The van der Waals surface area contributed by atoms with Gasteiger partial charge in [-0.25, -0.2) is 4.79 Å². The first kappa shape index (κ1) is 22.9. The van der Waals surface area contributed by atoms with Crippen LogP contribution in [0.4, 0.5) is 4.79 Å². The number of esters is 1. The Balaban J connectivity index is 1.75. The molecule has 0 spiro atoms. The van der Waals surface area contributed by atoms with Crippen molar-refractivity contribution in [2.75, 3.05) is 20.8 Å². The average molecular weight is 457 g/mol. The zero-order valence-corrected chi connectivity index (χ0v) is 18.0. The number of ether oxygens (including phenoxy) is 3. The number of nitrogens with zero attached hydrogens (tertiary/aromatic N) is 1. The molecular formula is C22H19NO8S. The quantitative estimate of drug-likeness (QED) is 0.471. The van der Waals surface area contributed by atoms with Gasteiger partial charge in [-0.2, -0.15) is 0 Å². The second-order valence-electron chi connectivity index (χ2n) is 6.55. The maximum absolute atomic E-state index is 12.4. The molecule has 1 N–H and O–H groups in total. The minimum atomic E-state index is -1.02. The maximum atomic E-state index is 12.4. The van der Waals surface area contributed by atoms with Crippen LogP contribution in [-0.4, -0.2) is 53.9 Å². The summed E-state index contributed by atoms with van der Waals surface area (Å²) in [6.07, 6.45) is 1.52. The van der Waals surface area contributed by atoms with Crippen LogP contribution >= 0.6 is 11.8 Å². The van der Waals surface area contributed by atoms with E-state index in [1.54, 1.807) is 30.3 Å².